The van der Waals surface area contributed by atoms with Crippen LogP contribution in [0.2, 0.25) is 0 Å². The molecule has 3 heteroatoms. The van der Waals surface area contributed by atoms with Gasteiger partial charge in [0, 0.05) is 6.04 Å². The Bertz CT molecular complexity index is 327. The van der Waals surface area contributed by atoms with Crippen LogP contribution in [0.15, 0.2) is 18.2 Å². The summed E-state index contributed by atoms with van der Waals surface area (Å²) in [5, 5.41) is 3.41. The summed E-state index contributed by atoms with van der Waals surface area (Å²) in [7, 11) is 0. The maximum Gasteiger partial charge on any atom is 0.122 e. The summed E-state index contributed by atoms with van der Waals surface area (Å²) in [5.41, 5.74) is 2.60. The lowest BCUT2D eigenvalue weighted by Gasteiger charge is -2.26. The van der Waals surface area contributed by atoms with Crippen molar-refractivity contribution in [3.8, 4) is 5.75 Å². The van der Waals surface area contributed by atoms with Gasteiger partial charge in [0.1, 0.15) is 12.4 Å². The number of likely N-dealkylation sites (N-methyl/N-ethyl adjacent to an activating group) is 1. The molecule has 1 aromatic carbocycles. The zero-order chi connectivity index (χ0) is 9.97. The van der Waals surface area contributed by atoms with Gasteiger partial charge in [-0.15, -0.1) is 12.4 Å². The molecule has 1 N–H and O–H groups in total. The SMILES string of the molecule is CCNC1COc2cc(C)ccc2C1.Cl. The smallest absolute Gasteiger partial charge is 0.122 e. The summed E-state index contributed by atoms with van der Waals surface area (Å²) in [6, 6.07) is 6.93. The second kappa shape index (κ2) is 5.38. The zero-order valence-electron chi connectivity index (χ0n) is 9.25. The zero-order valence-corrected chi connectivity index (χ0v) is 10.1. The van der Waals surface area contributed by atoms with Gasteiger partial charge in [-0.2, -0.15) is 0 Å². The molecule has 1 aliphatic rings. The van der Waals surface area contributed by atoms with Crippen molar-refractivity contribution < 1.29 is 4.74 Å². The minimum atomic E-state index is 0. The molecule has 0 aliphatic carbocycles. The summed E-state index contributed by atoms with van der Waals surface area (Å²) >= 11 is 0. The van der Waals surface area contributed by atoms with Gasteiger partial charge in [0.25, 0.3) is 0 Å². The van der Waals surface area contributed by atoms with Crippen molar-refractivity contribution in [2.24, 2.45) is 0 Å². The van der Waals surface area contributed by atoms with E-state index in [4.69, 9.17) is 4.74 Å². The number of halogens is 1. The van der Waals surface area contributed by atoms with E-state index in [-0.39, 0.29) is 12.4 Å². The monoisotopic (exact) mass is 227 g/mol. The van der Waals surface area contributed by atoms with Crippen LogP contribution < -0.4 is 10.1 Å². The van der Waals surface area contributed by atoms with Gasteiger partial charge in [0.05, 0.1) is 0 Å². The molecule has 0 radical (unpaired) electrons. The van der Waals surface area contributed by atoms with Gasteiger partial charge < -0.3 is 10.1 Å². The van der Waals surface area contributed by atoms with E-state index >= 15 is 0 Å². The fourth-order valence-electron chi connectivity index (χ4n) is 1.90. The first-order chi connectivity index (χ1) is 6.79. The van der Waals surface area contributed by atoms with Gasteiger partial charge in [-0.25, -0.2) is 0 Å². The van der Waals surface area contributed by atoms with Crippen LogP contribution in [0.1, 0.15) is 18.1 Å². The molecule has 1 heterocycles. The van der Waals surface area contributed by atoms with E-state index in [1.54, 1.807) is 0 Å². The lowest BCUT2D eigenvalue weighted by atomic mass is 10.0. The topological polar surface area (TPSA) is 21.3 Å². The van der Waals surface area contributed by atoms with Crippen LogP contribution >= 0.6 is 12.4 Å². The molecule has 1 aromatic rings. The Hall–Kier alpha value is -0.730. The predicted octanol–water partition coefficient (Wildman–Crippen LogP) is 2.33. The lowest BCUT2D eigenvalue weighted by Crippen LogP contribution is -2.39. The Morgan fingerprint density at radius 3 is 3.00 bits per heavy atom. The van der Waals surface area contributed by atoms with E-state index in [1.165, 1.54) is 11.1 Å². The van der Waals surface area contributed by atoms with Crippen LogP contribution in [0.4, 0.5) is 0 Å². The fraction of sp³-hybridized carbons (Fsp3) is 0.500. The molecule has 0 fully saturated rings. The summed E-state index contributed by atoms with van der Waals surface area (Å²) in [5.74, 6) is 1.07. The van der Waals surface area contributed by atoms with Gasteiger partial charge in [-0.3, -0.25) is 0 Å². The minimum absolute atomic E-state index is 0. The van der Waals surface area contributed by atoms with Gasteiger partial charge in [-0.1, -0.05) is 19.1 Å². The quantitative estimate of drug-likeness (QED) is 0.838. The number of hydrogen-bond donors (Lipinski definition) is 1. The Morgan fingerprint density at radius 1 is 1.47 bits per heavy atom. The summed E-state index contributed by atoms with van der Waals surface area (Å²) in [4.78, 5) is 0. The molecule has 0 saturated heterocycles. The highest BCUT2D eigenvalue weighted by molar-refractivity contribution is 5.85. The lowest BCUT2D eigenvalue weighted by molar-refractivity contribution is 0.240. The molecular weight excluding hydrogens is 210 g/mol. The molecule has 2 rings (SSSR count). The number of aryl methyl sites for hydroxylation is 1. The van der Waals surface area contributed by atoms with Crippen molar-refractivity contribution in [1.29, 1.82) is 0 Å². The van der Waals surface area contributed by atoms with Gasteiger partial charge in [0.2, 0.25) is 0 Å². The molecule has 84 valence electrons. The minimum Gasteiger partial charge on any atom is -0.492 e. The highest BCUT2D eigenvalue weighted by atomic mass is 35.5. The first-order valence-corrected chi connectivity index (χ1v) is 5.25. The number of hydrogen-bond acceptors (Lipinski definition) is 2. The van der Waals surface area contributed by atoms with Crippen LogP contribution in [0.25, 0.3) is 0 Å². The molecule has 1 aliphatic heterocycles. The summed E-state index contributed by atoms with van der Waals surface area (Å²) < 4.78 is 5.71. The van der Waals surface area contributed by atoms with E-state index in [9.17, 15) is 0 Å². The maximum atomic E-state index is 5.71. The number of rotatable bonds is 2. The maximum absolute atomic E-state index is 5.71. The molecule has 0 aromatic heterocycles. The number of benzene rings is 1. The molecule has 1 atom stereocenters. The van der Waals surface area contributed by atoms with Crippen molar-refractivity contribution in [1.82, 2.24) is 5.32 Å². The summed E-state index contributed by atoms with van der Waals surface area (Å²) in [6.07, 6.45) is 1.09. The number of fused-ring (bicyclic) bond motifs is 1. The van der Waals surface area contributed by atoms with Crippen LogP contribution in [0.5, 0.6) is 5.75 Å². The third kappa shape index (κ3) is 2.86. The first kappa shape index (κ1) is 12.3. The average Bonchev–Trinajstić information content (AvgIpc) is 2.19. The average molecular weight is 228 g/mol. The largest absolute Gasteiger partial charge is 0.492 e. The van der Waals surface area contributed by atoms with E-state index in [1.807, 2.05) is 0 Å². The molecular formula is C12H18ClNO. The Morgan fingerprint density at radius 2 is 2.27 bits per heavy atom. The Kier molecular flexibility index (Phi) is 4.43. The number of nitrogens with one attached hydrogen (secondary N) is 1. The summed E-state index contributed by atoms with van der Waals surface area (Å²) in [6.45, 7) is 6.03. The molecule has 15 heavy (non-hydrogen) atoms. The molecule has 1 unspecified atom stereocenters. The van der Waals surface area contributed by atoms with Crippen molar-refractivity contribution in [2.45, 2.75) is 26.3 Å². The molecule has 0 amide bonds. The second-order valence-corrected chi connectivity index (χ2v) is 3.88. The van der Waals surface area contributed by atoms with Gasteiger partial charge in [-0.05, 0) is 37.1 Å². The van der Waals surface area contributed by atoms with E-state index < -0.39 is 0 Å². The molecule has 0 spiro atoms. The highest BCUT2D eigenvalue weighted by Crippen LogP contribution is 2.25. The third-order valence-corrected chi connectivity index (χ3v) is 2.62. The molecule has 0 bridgehead atoms. The van der Waals surface area contributed by atoms with E-state index in [0.29, 0.717) is 6.04 Å². The van der Waals surface area contributed by atoms with Gasteiger partial charge >= 0.3 is 0 Å². The fourth-order valence-corrected chi connectivity index (χ4v) is 1.90. The Balaban J connectivity index is 0.00000112. The second-order valence-electron chi connectivity index (χ2n) is 3.88. The standard InChI is InChI=1S/C12H17NO.ClH/c1-3-13-11-7-10-5-4-9(2)6-12(10)14-8-11;/h4-6,11,13H,3,7-8H2,1-2H3;1H. The molecule has 0 saturated carbocycles. The van der Waals surface area contributed by atoms with Crippen LogP contribution in [0.3, 0.4) is 0 Å². The molecule has 2 nitrogen and oxygen atoms in total. The van der Waals surface area contributed by atoms with Crippen LogP contribution in [-0.4, -0.2) is 19.2 Å². The Labute approximate surface area is 97.4 Å². The van der Waals surface area contributed by atoms with Crippen LogP contribution in [0, 0.1) is 6.92 Å². The third-order valence-electron chi connectivity index (χ3n) is 2.62. The van der Waals surface area contributed by atoms with E-state index in [0.717, 1.165) is 25.3 Å². The predicted molar refractivity (Wildman–Crippen MR) is 65.1 cm³/mol. The van der Waals surface area contributed by atoms with Crippen molar-refractivity contribution >= 4 is 12.4 Å². The number of ether oxygens (including phenoxy) is 1. The van der Waals surface area contributed by atoms with Crippen molar-refractivity contribution in [3.05, 3.63) is 29.3 Å². The van der Waals surface area contributed by atoms with Crippen LogP contribution in [-0.2, 0) is 6.42 Å². The first-order valence-electron chi connectivity index (χ1n) is 5.25. The van der Waals surface area contributed by atoms with E-state index in [2.05, 4.69) is 37.4 Å². The normalized spacial score (nSPS) is 18.7. The highest BCUT2D eigenvalue weighted by Gasteiger charge is 2.18. The van der Waals surface area contributed by atoms with Crippen molar-refractivity contribution in [2.75, 3.05) is 13.2 Å². The van der Waals surface area contributed by atoms with Crippen molar-refractivity contribution in [3.63, 3.8) is 0 Å². The van der Waals surface area contributed by atoms with Gasteiger partial charge in [0.15, 0.2) is 0 Å².